The lowest BCUT2D eigenvalue weighted by molar-refractivity contribution is 0.324. The number of anilines is 1. The summed E-state index contributed by atoms with van der Waals surface area (Å²) >= 11 is 2.07. The SMILES string of the molecule is CCN(CC)CCSCCCc1ccc(N)cc1. The lowest BCUT2D eigenvalue weighted by Crippen LogP contribution is -2.25. The number of hydrogen-bond donors (Lipinski definition) is 1. The van der Waals surface area contributed by atoms with Gasteiger partial charge in [0.05, 0.1) is 0 Å². The number of nitrogens with two attached hydrogens (primary N) is 1. The Kier molecular flexibility index (Phi) is 7.94. The van der Waals surface area contributed by atoms with Gasteiger partial charge in [-0.05, 0) is 49.4 Å². The molecule has 0 radical (unpaired) electrons. The average Bonchev–Trinajstić information content (AvgIpc) is 2.40. The smallest absolute Gasteiger partial charge is 0.0314 e. The highest BCUT2D eigenvalue weighted by Gasteiger charge is 1.98. The van der Waals surface area contributed by atoms with E-state index in [1.807, 2.05) is 12.1 Å². The van der Waals surface area contributed by atoms with Crippen molar-refractivity contribution in [3.05, 3.63) is 29.8 Å². The summed E-state index contributed by atoms with van der Waals surface area (Å²) in [7, 11) is 0. The lowest BCUT2D eigenvalue weighted by Gasteiger charge is -2.17. The molecule has 0 bridgehead atoms. The minimum atomic E-state index is 0.854. The van der Waals surface area contributed by atoms with Gasteiger partial charge in [0.15, 0.2) is 0 Å². The Morgan fingerprint density at radius 1 is 1.06 bits per heavy atom. The molecule has 0 aliphatic rings. The number of hydrogen-bond acceptors (Lipinski definition) is 3. The van der Waals surface area contributed by atoms with Crippen LogP contribution in [0.15, 0.2) is 24.3 Å². The van der Waals surface area contributed by atoms with Crippen LogP contribution in [0.25, 0.3) is 0 Å². The Morgan fingerprint density at radius 2 is 1.72 bits per heavy atom. The molecule has 0 aliphatic carbocycles. The van der Waals surface area contributed by atoms with Crippen LogP contribution in [0.3, 0.4) is 0 Å². The van der Waals surface area contributed by atoms with E-state index in [2.05, 4.69) is 42.6 Å². The standard InChI is InChI=1S/C15H26N2S/c1-3-17(4-2)11-13-18-12-5-6-14-7-9-15(16)10-8-14/h7-10H,3-6,11-13,16H2,1-2H3. The van der Waals surface area contributed by atoms with Crippen LogP contribution in [0.1, 0.15) is 25.8 Å². The van der Waals surface area contributed by atoms with E-state index in [9.17, 15) is 0 Å². The molecule has 0 atom stereocenters. The summed E-state index contributed by atoms with van der Waals surface area (Å²) in [5.74, 6) is 2.51. The lowest BCUT2D eigenvalue weighted by atomic mass is 10.1. The molecule has 3 heteroatoms. The summed E-state index contributed by atoms with van der Waals surface area (Å²) in [5.41, 5.74) is 7.92. The average molecular weight is 266 g/mol. The van der Waals surface area contributed by atoms with Gasteiger partial charge in [-0.25, -0.2) is 0 Å². The van der Waals surface area contributed by atoms with Crippen molar-refractivity contribution in [1.29, 1.82) is 0 Å². The predicted molar refractivity (Wildman–Crippen MR) is 84.3 cm³/mol. The second-order valence-electron chi connectivity index (χ2n) is 4.48. The van der Waals surface area contributed by atoms with Gasteiger partial charge < -0.3 is 10.6 Å². The number of aryl methyl sites for hydroxylation is 1. The van der Waals surface area contributed by atoms with Crippen molar-refractivity contribution >= 4 is 17.4 Å². The quantitative estimate of drug-likeness (QED) is 0.549. The molecule has 18 heavy (non-hydrogen) atoms. The van der Waals surface area contributed by atoms with Gasteiger partial charge in [0, 0.05) is 18.0 Å². The first-order chi connectivity index (χ1) is 8.76. The predicted octanol–water partition coefficient (Wildman–Crippen LogP) is 3.28. The van der Waals surface area contributed by atoms with E-state index in [4.69, 9.17) is 5.73 Å². The molecule has 0 amide bonds. The minimum absolute atomic E-state index is 0.854. The van der Waals surface area contributed by atoms with Crippen molar-refractivity contribution in [2.45, 2.75) is 26.7 Å². The Morgan fingerprint density at radius 3 is 2.33 bits per heavy atom. The fraction of sp³-hybridized carbons (Fsp3) is 0.600. The molecule has 0 fully saturated rings. The highest BCUT2D eigenvalue weighted by molar-refractivity contribution is 7.99. The highest BCUT2D eigenvalue weighted by atomic mass is 32.2. The first-order valence-corrected chi connectivity index (χ1v) is 8.06. The van der Waals surface area contributed by atoms with Crippen LogP contribution in [0.4, 0.5) is 5.69 Å². The third-order valence-corrected chi connectivity index (χ3v) is 4.23. The first kappa shape index (κ1) is 15.4. The van der Waals surface area contributed by atoms with E-state index in [0.717, 1.165) is 5.69 Å². The summed E-state index contributed by atoms with van der Waals surface area (Å²) in [4.78, 5) is 2.48. The first-order valence-electron chi connectivity index (χ1n) is 6.90. The third kappa shape index (κ3) is 6.31. The summed E-state index contributed by atoms with van der Waals surface area (Å²) in [6.07, 6.45) is 2.42. The number of nitrogen functional groups attached to an aromatic ring is 1. The molecule has 2 N–H and O–H groups in total. The summed E-state index contributed by atoms with van der Waals surface area (Å²) in [6, 6.07) is 8.25. The zero-order valence-electron chi connectivity index (χ0n) is 11.7. The monoisotopic (exact) mass is 266 g/mol. The van der Waals surface area contributed by atoms with Gasteiger partial charge in [-0.15, -0.1) is 0 Å². The van der Waals surface area contributed by atoms with E-state index < -0.39 is 0 Å². The van der Waals surface area contributed by atoms with E-state index in [0.29, 0.717) is 0 Å². The molecule has 1 rings (SSSR count). The van der Waals surface area contributed by atoms with Crippen molar-refractivity contribution < 1.29 is 0 Å². The number of nitrogens with zero attached hydrogens (tertiary/aromatic N) is 1. The van der Waals surface area contributed by atoms with Crippen LogP contribution in [0.5, 0.6) is 0 Å². The Hall–Kier alpha value is -0.670. The zero-order valence-corrected chi connectivity index (χ0v) is 12.5. The molecule has 0 saturated carbocycles. The van der Waals surface area contributed by atoms with E-state index in [1.165, 1.54) is 49.5 Å². The van der Waals surface area contributed by atoms with Crippen LogP contribution >= 0.6 is 11.8 Å². The molecular formula is C15H26N2S. The van der Waals surface area contributed by atoms with E-state index in [-0.39, 0.29) is 0 Å². The second kappa shape index (κ2) is 9.29. The van der Waals surface area contributed by atoms with Crippen LogP contribution in [0.2, 0.25) is 0 Å². The zero-order chi connectivity index (χ0) is 13.2. The maximum atomic E-state index is 5.67. The maximum Gasteiger partial charge on any atom is 0.0314 e. The molecule has 0 aliphatic heterocycles. The molecule has 0 saturated heterocycles. The molecule has 102 valence electrons. The van der Waals surface area contributed by atoms with Crippen molar-refractivity contribution in [2.75, 3.05) is 36.9 Å². The fourth-order valence-electron chi connectivity index (χ4n) is 1.90. The Bertz CT molecular complexity index is 307. The topological polar surface area (TPSA) is 29.3 Å². The molecule has 0 heterocycles. The van der Waals surface area contributed by atoms with Gasteiger partial charge in [0.2, 0.25) is 0 Å². The summed E-state index contributed by atoms with van der Waals surface area (Å²) < 4.78 is 0. The largest absolute Gasteiger partial charge is 0.399 e. The van der Waals surface area contributed by atoms with Crippen LogP contribution < -0.4 is 5.73 Å². The van der Waals surface area contributed by atoms with Gasteiger partial charge in [-0.1, -0.05) is 26.0 Å². The van der Waals surface area contributed by atoms with Gasteiger partial charge in [0.1, 0.15) is 0 Å². The second-order valence-corrected chi connectivity index (χ2v) is 5.71. The maximum absolute atomic E-state index is 5.67. The molecule has 0 unspecified atom stereocenters. The summed E-state index contributed by atoms with van der Waals surface area (Å²) in [5, 5.41) is 0. The van der Waals surface area contributed by atoms with Gasteiger partial charge in [-0.2, -0.15) is 11.8 Å². The van der Waals surface area contributed by atoms with Gasteiger partial charge >= 0.3 is 0 Å². The Balaban J connectivity index is 2.03. The minimum Gasteiger partial charge on any atom is -0.399 e. The highest BCUT2D eigenvalue weighted by Crippen LogP contribution is 2.10. The van der Waals surface area contributed by atoms with Crippen molar-refractivity contribution in [2.24, 2.45) is 0 Å². The normalized spacial score (nSPS) is 11.1. The number of benzene rings is 1. The molecule has 1 aromatic carbocycles. The Labute approximate surface area is 116 Å². The molecule has 2 nitrogen and oxygen atoms in total. The van der Waals surface area contributed by atoms with E-state index in [1.54, 1.807) is 0 Å². The van der Waals surface area contributed by atoms with Crippen molar-refractivity contribution in [3.8, 4) is 0 Å². The van der Waals surface area contributed by atoms with Gasteiger partial charge in [-0.3, -0.25) is 0 Å². The number of rotatable bonds is 9. The third-order valence-electron chi connectivity index (χ3n) is 3.18. The molecular weight excluding hydrogens is 240 g/mol. The molecule has 1 aromatic rings. The summed E-state index contributed by atoms with van der Waals surface area (Å²) in [6.45, 7) is 8.02. The van der Waals surface area contributed by atoms with Crippen LogP contribution in [-0.2, 0) is 6.42 Å². The van der Waals surface area contributed by atoms with Crippen LogP contribution in [-0.4, -0.2) is 36.0 Å². The van der Waals surface area contributed by atoms with Gasteiger partial charge in [0.25, 0.3) is 0 Å². The fourth-order valence-corrected chi connectivity index (χ4v) is 2.84. The van der Waals surface area contributed by atoms with Crippen molar-refractivity contribution in [1.82, 2.24) is 4.90 Å². The van der Waals surface area contributed by atoms with Crippen molar-refractivity contribution in [3.63, 3.8) is 0 Å². The van der Waals surface area contributed by atoms with E-state index >= 15 is 0 Å². The molecule has 0 aromatic heterocycles. The number of thioether (sulfide) groups is 1. The molecule has 0 spiro atoms. The van der Waals surface area contributed by atoms with Crippen LogP contribution in [0, 0.1) is 0 Å².